The van der Waals surface area contributed by atoms with Crippen molar-refractivity contribution < 1.29 is 5.11 Å². The molecular weight excluding hydrogens is 208 g/mol. The number of rotatable bonds is 1. The number of phenolic OH excluding ortho intramolecular Hbond substituents is 1. The van der Waals surface area contributed by atoms with Crippen LogP contribution < -0.4 is 0 Å². The molecule has 0 saturated heterocycles. The Balaban J connectivity index is 1.63. The van der Waals surface area contributed by atoms with Crippen molar-refractivity contribution in [1.82, 2.24) is 0 Å². The Hall–Kier alpha value is -0.980. The summed E-state index contributed by atoms with van der Waals surface area (Å²) in [4.78, 5) is 0. The first-order valence-electron chi connectivity index (χ1n) is 7.12. The Bertz CT molecular complexity index is 422. The lowest BCUT2D eigenvalue weighted by atomic mass is 9.73. The van der Waals surface area contributed by atoms with Gasteiger partial charge in [0.1, 0.15) is 5.75 Å². The average molecular weight is 228 g/mol. The number of aromatic hydroxyl groups is 1. The number of hydrogen-bond donors (Lipinski definition) is 1. The van der Waals surface area contributed by atoms with E-state index in [0.717, 1.165) is 29.6 Å². The van der Waals surface area contributed by atoms with Crippen molar-refractivity contribution >= 4 is 0 Å². The third-order valence-corrected chi connectivity index (χ3v) is 5.75. The van der Waals surface area contributed by atoms with E-state index in [1.165, 1.54) is 37.7 Å². The predicted octanol–water partition coefficient (Wildman–Crippen LogP) is 3.93. The molecule has 0 aromatic heterocycles. The minimum atomic E-state index is 0.399. The quantitative estimate of drug-likeness (QED) is 0.772. The van der Waals surface area contributed by atoms with E-state index in [1.54, 1.807) is 0 Å². The Labute approximate surface area is 103 Å². The maximum Gasteiger partial charge on any atom is 0.115 e. The lowest BCUT2D eigenvalue weighted by Crippen LogP contribution is -2.22. The molecule has 3 aliphatic carbocycles. The van der Waals surface area contributed by atoms with Crippen LogP contribution in [-0.4, -0.2) is 5.11 Å². The second kappa shape index (κ2) is 3.51. The van der Waals surface area contributed by atoms with Crippen LogP contribution in [0.3, 0.4) is 0 Å². The van der Waals surface area contributed by atoms with Gasteiger partial charge in [0.25, 0.3) is 0 Å². The normalized spacial score (nSPS) is 42.9. The number of fused-ring (bicyclic) bond motifs is 5. The number of phenols is 1. The van der Waals surface area contributed by atoms with Gasteiger partial charge < -0.3 is 5.11 Å². The van der Waals surface area contributed by atoms with Crippen molar-refractivity contribution in [2.24, 2.45) is 23.7 Å². The summed E-state index contributed by atoms with van der Waals surface area (Å²) >= 11 is 0. The topological polar surface area (TPSA) is 20.2 Å². The third kappa shape index (κ3) is 1.38. The summed E-state index contributed by atoms with van der Waals surface area (Å²) in [5, 5.41) is 9.38. The zero-order chi connectivity index (χ0) is 11.4. The molecular formula is C16H20O. The van der Waals surface area contributed by atoms with E-state index in [0.29, 0.717) is 5.75 Å². The zero-order valence-electron chi connectivity index (χ0n) is 10.2. The molecule has 3 saturated carbocycles. The molecule has 2 bridgehead atoms. The minimum Gasteiger partial charge on any atom is -0.508 e. The average Bonchev–Trinajstić information content (AvgIpc) is 3.02. The molecule has 5 unspecified atom stereocenters. The summed E-state index contributed by atoms with van der Waals surface area (Å²) in [5.74, 6) is 5.28. The number of hydrogen-bond acceptors (Lipinski definition) is 1. The van der Waals surface area contributed by atoms with E-state index in [-0.39, 0.29) is 0 Å². The summed E-state index contributed by atoms with van der Waals surface area (Å²) in [6.45, 7) is 0. The molecule has 4 rings (SSSR count). The molecule has 1 aromatic carbocycles. The minimum absolute atomic E-state index is 0.399. The van der Waals surface area contributed by atoms with E-state index in [1.807, 2.05) is 12.1 Å². The van der Waals surface area contributed by atoms with Crippen LogP contribution in [-0.2, 0) is 0 Å². The van der Waals surface area contributed by atoms with Gasteiger partial charge in [-0.05, 0) is 73.0 Å². The Morgan fingerprint density at radius 3 is 2.47 bits per heavy atom. The molecule has 0 amide bonds. The molecule has 3 fully saturated rings. The first kappa shape index (κ1) is 9.99. The first-order valence-corrected chi connectivity index (χ1v) is 7.12. The molecule has 3 aliphatic rings. The van der Waals surface area contributed by atoms with Crippen molar-refractivity contribution in [3.05, 3.63) is 29.8 Å². The van der Waals surface area contributed by atoms with Crippen molar-refractivity contribution in [1.29, 1.82) is 0 Å². The van der Waals surface area contributed by atoms with Crippen LogP contribution in [0.4, 0.5) is 0 Å². The van der Waals surface area contributed by atoms with Gasteiger partial charge in [0.2, 0.25) is 0 Å². The molecule has 1 aromatic rings. The fourth-order valence-electron chi connectivity index (χ4n) is 5.17. The Morgan fingerprint density at radius 2 is 1.65 bits per heavy atom. The third-order valence-electron chi connectivity index (χ3n) is 5.75. The molecule has 0 aliphatic heterocycles. The van der Waals surface area contributed by atoms with Gasteiger partial charge >= 0.3 is 0 Å². The summed E-state index contributed by atoms with van der Waals surface area (Å²) in [7, 11) is 0. The van der Waals surface area contributed by atoms with Gasteiger partial charge in [0.05, 0.1) is 0 Å². The highest BCUT2D eigenvalue weighted by molar-refractivity contribution is 5.30. The van der Waals surface area contributed by atoms with E-state index < -0.39 is 0 Å². The van der Waals surface area contributed by atoms with Crippen LogP contribution in [0.25, 0.3) is 0 Å². The smallest absolute Gasteiger partial charge is 0.115 e. The first-order chi connectivity index (χ1) is 8.33. The van der Waals surface area contributed by atoms with Gasteiger partial charge in [0.15, 0.2) is 0 Å². The van der Waals surface area contributed by atoms with Gasteiger partial charge in [0, 0.05) is 0 Å². The molecule has 0 radical (unpaired) electrons. The second-order valence-corrected chi connectivity index (χ2v) is 6.35. The number of benzene rings is 1. The maximum atomic E-state index is 9.38. The SMILES string of the molecule is Oc1ccc(C2CC3CC2C2CCCC32)cc1. The van der Waals surface area contributed by atoms with Gasteiger partial charge in [-0.15, -0.1) is 0 Å². The lowest BCUT2D eigenvalue weighted by molar-refractivity contribution is 0.232. The second-order valence-electron chi connectivity index (χ2n) is 6.35. The zero-order valence-corrected chi connectivity index (χ0v) is 10.2. The van der Waals surface area contributed by atoms with Gasteiger partial charge in [-0.25, -0.2) is 0 Å². The van der Waals surface area contributed by atoms with Crippen LogP contribution >= 0.6 is 0 Å². The molecule has 90 valence electrons. The van der Waals surface area contributed by atoms with Crippen molar-refractivity contribution in [2.45, 2.75) is 38.0 Å². The van der Waals surface area contributed by atoms with Gasteiger partial charge in [-0.2, -0.15) is 0 Å². The van der Waals surface area contributed by atoms with Crippen molar-refractivity contribution in [3.63, 3.8) is 0 Å². The molecule has 1 N–H and O–H groups in total. The standard InChI is InChI=1S/C16H20O/c17-12-6-4-10(5-7-12)15-8-11-9-16(15)14-3-1-2-13(11)14/h4-7,11,13-17H,1-3,8-9H2. The van der Waals surface area contributed by atoms with Crippen LogP contribution in [0.5, 0.6) is 5.75 Å². The van der Waals surface area contributed by atoms with E-state index in [9.17, 15) is 5.11 Å². The summed E-state index contributed by atoms with van der Waals surface area (Å²) < 4.78 is 0. The van der Waals surface area contributed by atoms with Crippen LogP contribution in [0.15, 0.2) is 24.3 Å². The highest BCUT2D eigenvalue weighted by Crippen LogP contribution is 2.63. The lowest BCUT2D eigenvalue weighted by Gasteiger charge is -2.31. The molecule has 17 heavy (non-hydrogen) atoms. The largest absolute Gasteiger partial charge is 0.508 e. The summed E-state index contributed by atoms with van der Waals surface area (Å²) in [6, 6.07) is 8.00. The van der Waals surface area contributed by atoms with Gasteiger partial charge in [-0.1, -0.05) is 18.6 Å². The summed E-state index contributed by atoms with van der Waals surface area (Å²) in [6.07, 6.45) is 7.37. The molecule has 5 atom stereocenters. The Kier molecular flexibility index (Phi) is 2.06. The highest BCUT2D eigenvalue weighted by Gasteiger charge is 2.53. The Morgan fingerprint density at radius 1 is 0.882 bits per heavy atom. The molecule has 1 nitrogen and oxygen atoms in total. The van der Waals surface area contributed by atoms with Crippen molar-refractivity contribution in [2.75, 3.05) is 0 Å². The van der Waals surface area contributed by atoms with Gasteiger partial charge in [-0.3, -0.25) is 0 Å². The van der Waals surface area contributed by atoms with E-state index >= 15 is 0 Å². The fraction of sp³-hybridized carbons (Fsp3) is 0.625. The summed E-state index contributed by atoms with van der Waals surface area (Å²) in [5.41, 5.74) is 1.47. The maximum absolute atomic E-state index is 9.38. The fourth-order valence-corrected chi connectivity index (χ4v) is 5.17. The van der Waals surface area contributed by atoms with Crippen LogP contribution in [0, 0.1) is 23.7 Å². The molecule has 1 heteroatoms. The highest BCUT2D eigenvalue weighted by atomic mass is 16.3. The van der Waals surface area contributed by atoms with Crippen LogP contribution in [0.2, 0.25) is 0 Å². The van der Waals surface area contributed by atoms with E-state index in [2.05, 4.69) is 12.1 Å². The van der Waals surface area contributed by atoms with Crippen molar-refractivity contribution in [3.8, 4) is 5.75 Å². The van der Waals surface area contributed by atoms with E-state index in [4.69, 9.17) is 0 Å². The van der Waals surface area contributed by atoms with Crippen LogP contribution in [0.1, 0.15) is 43.6 Å². The monoisotopic (exact) mass is 228 g/mol. The molecule has 0 spiro atoms. The predicted molar refractivity (Wildman–Crippen MR) is 67.9 cm³/mol. The molecule has 0 heterocycles.